The summed E-state index contributed by atoms with van der Waals surface area (Å²) in [5, 5.41) is 4.34. The van der Waals surface area contributed by atoms with Crippen molar-refractivity contribution in [1.29, 1.82) is 0 Å². The molecule has 2 rings (SSSR count). The zero-order valence-electron chi connectivity index (χ0n) is 12.1. The molecule has 108 valence electrons. The van der Waals surface area contributed by atoms with Crippen molar-refractivity contribution in [3.05, 3.63) is 29.2 Å². The second-order valence-electron chi connectivity index (χ2n) is 4.94. The molecule has 5 nitrogen and oxygen atoms in total. The molecular formula is C14H20N4OS. The third-order valence-electron chi connectivity index (χ3n) is 2.68. The minimum Gasteiger partial charge on any atom is -0.378 e. The number of hydrogen-bond donors (Lipinski definition) is 1. The molecule has 0 atom stereocenters. The summed E-state index contributed by atoms with van der Waals surface area (Å²) >= 11 is 1.65. The Morgan fingerprint density at radius 1 is 1.35 bits per heavy atom. The number of thiazole rings is 1. The largest absolute Gasteiger partial charge is 0.378 e. The fourth-order valence-electron chi connectivity index (χ4n) is 1.76. The molecule has 6 heteroatoms. The quantitative estimate of drug-likeness (QED) is 0.849. The second-order valence-corrected chi connectivity index (χ2v) is 6.02. The van der Waals surface area contributed by atoms with Crippen molar-refractivity contribution in [1.82, 2.24) is 20.3 Å². The van der Waals surface area contributed by atoms with E-state index in [4.69, 9.17) is 4.74 Å². The van der Waals surface area contributed by atoms with E-state index < -0.39 is 0 Å². The lowest BCUT2D eigenvalue weighted by molar-refractivity contribution is 0.181. The Kier molecular flexibility index (Phi) is 5.58. The van der Waals surface area contributed by atoms with Gasteiger partial charge in [0.1, 0.15) is 10.7 Å². The maximum atomic E-state index is 5.23. The molecule has 0 aliphatic heterocycles. The van der Waals surface area contributed by atoms with E-state index in [1.165, 1.54) is 4.88 Å². The van der Waals surface area contributed by atoms with Crippen molar-refractivity contribution in [2.24, 2.45) is 5.92 Å². The fourth-order valence-corrected chi connectivity index (χ4v) is 2.76. The van der Waals surface area contributed by atoms with E-state index in [1.807, 2.05) is 0 Å². The van der Waals surface area contributed by atoms with Crippen LogP contribution in [0.3, 0.4) is 0 Å². The van der Waals surface area contributed by atoms with Crippen molar-refractivity contribution in [3.63, 3.8) is 0 Å². The molecule has 0 radical (unpaired) electrons. The van der Waals surface area contributed by atoms with E-state index in [2.05, 4.69) is 34.1 Å². The Hall–Kier alpha value is -1.37. The van der Waals surface area contributed by atoms with Crippen molar-refractivity contribution in [2.75, 3.05) is 13.7 Å². The van der Waals surface area contributed by atoms with E-state index in [0.29, 0.717) is 12.5 Å². The molecule has 0 amide bonds. The van der Waals surface area contributed by atoms with Crippen LogP contribution in [-0.4, -0.2) is 28.6 Å². The minimum absolute atomic E-state index is 0.523. The fraction of sp³-hybridized carbons (Fsp3) is 0.500. The standard InChI is InChI=1S/C14H20N4OS/c1-10(2)6-16-8-13-12(9-19-3)18-14(20-13)11-7-15-4-5-17-11/h4-5,7,10,16H,6,8-9H2,1-3H3. The van der Waals surface area contributed by atoms with Crippen LogP contribution in [0.25, 0.3) is 10.7 Å². The monoisotopic (exact) mass is 292 g/mol. The van der Waals surface area contributed by atoms with Crippen LogP contribution in [0, 0.1) is 5.92 Å². The summed E-state index contributed by atoms with van der Waals surface area (Å²) in [6.45, 7) is 6.72. The molecule has 2 heterocycles. The normalized spacial score (nSPS) is 11.2. The lowest BCUT2D eigenvalue weighted by Gasteiger charge is -2.06. The number of nitrogens with one attached hydrogen (secondary N) is 1. The molecule has 0 aliphatic rings. The number of hydrogen-bond acceptors (Lipinski definition) is 6. The molecule has 0 bridgehead atoms. The zero-order valence-corrected chi connectivity index (χ0v) is 12.9. The Morgan fingerprint density at radius 3 is 2.85 bits per heavy atom. The van der Waals surface area contributed by atoms with E-state index in [-0.39, 0.29) is 0 Å². The van der Waals surface area contributed by atoms with Crippen molar-refractivity contribution in [2.45, 2.75) is 27.0 Å². The average Bonchev–Trinajstić information content (AvgIpc) is 2.83. The van der Waals surface area contributed by atoms with Crippen LogP contribution >= 0.6 is 11.3 Å². The smallest absolute Gasteiger partial charge is 0.144 e. The van der Waals surface area contributed by atoms with Crippen LogP contribution in [0.4, 0.5) is 0 Å². The van der Waals surface area contributed by atoms with Crippen LogP contribution in [0.15, 0.2) is 18.6 Å². The van der Waals surface area contributed by atoms with Gasteiger partial charge in [0.25, 0.3) is 0 Å². The maximum absolute atomic E-state index is 5.23. The molecule has 2 aromatic heterocycles. The molecule has 0 aromatic carbocycles. The minimum atomic E-state index is 0.523. The lowest BCUT2D eigenvalue weighted by Crippen LogP contribution is -2.19. The van der Waals surface area contributed by atoms with E-state index in [0.717, 1.165) is 29.5 Å². The highest BCUT2D eigenvalue weighted by atomic mass is 32.1. The molecule has 0 spiro atoms. The van der Waals surface area contributed by atoms with Crippen molar-refractivity contribution < 1.29 is 4.74 Å². The first kappa shape index (κ1) is 15.0. The SMILES string of the molecule is COCc1nc(-c2cnccn2)sc1CNCC(C)C. The summed E-state index contributed by atoms with van der Waals surface area (Å²) in [5.41, 5.74) is 1.79. The molecule has 0 fully saturated rings. The van der Waals surface area contributed by atoms with Crippen LogP contribution in [0.2, 0.25) is 0 Å². The Balaban J connectivity index is 2.15. The van der Waals surface area contributed by atoms with Gasteiger partial charge in [0.05, 0.1) is 18.5 Å². The van der Waals surface area contributed by atoms with Gasteiger partial charge in [-0.15, -0.1) is 11.3 Å². The van der Waals surface area contributed by atoms with E-state index in [1.54, 1.807) is 37.0 Å². The maximum Gasteiger partial charge on any atom is 0.144 e. The molecule has 2 aromatic rings. The van der Waals surface area contributed by atoms with Crippen LogP contribution in [0.1, 0.15) is 24.4 Å². The molecule has 1 N–H and O–H groups in total. The third kappa shape index (κ3) is 4.06. The first-order chi connectivity index (χ1) is 9.70. The van der Waals surface area contributed by atoms with Crippen LogP contribution < -0.4 is 5.32 Å². The molecule has 0 saturated carbocycles. The van der Waals surface area contributed by atoms with Gasteiger partial charge in [0, 0.05) is 30.9 Å². The molecule has 0 aliphatic carbocycles. The van der Waals surface area contributed by atoms with Gasteiger partial charge < -0.3 is 10.1 Å². The van der Waals surface area contributed by atoms with Gasteiger partial charge in [0.2, 0.25) is 0 Å². The van der Waals surface area contributed by atoms with Crippen molar-refractivity contribution >= 4 is 11.3 Å². The highest BCUT2D eigenvalue weighted by Crippen LogP contribution is 2.26. The first-order valence-corrected chi connectivity index (χ1v) is 7.47. The van der Waals surface area contributed by atoms with E-state index >= 15 is 0 Å². The topological polar surface area (TPSA) is 59.9 Å². The number of nitrogens with zero attached hydrogens (tertiary/aromatic N) is 3. The summed E-state index contributed by atoms with van der Waals surface area (Å²) < 4.78 is 5.23. The van der Waals surface area contributed by atoms with Crippen LogP contribution in [0.5, 0.6) is 0 Å². The highest BCUT2D eigenvalue weighted by molar-refractivity contribution is 7.15. The predicted octanol–water partition coefficient (Wildman–Crippen LogP) is 2.49. The Bertz CT molecular complexity index is 527. The van der Waals surface area contributed by atoms with Gasteiger partial charge in [-0.25, -0.2) is 4.98 Å². The van der Waals surface area contributed by atoms with Gasteiger partial charge in [-0.1, -0.05) is 13.8 Å². The van der Waals surface area contributed by atoms with Crippen molar-refractivity contribution in [3.8, 4) is 10.7 Å². The molecule has 0 unspecified atom stereocenters. The molecular weight excluding hydrogens is 272 g/mol. The highest BCUT2D eigenvalue weighted by Gasteiger charge is 2.13. The number of ether oxygens (including phenoxy) is 1. The van der Waals surface area contributed by atoms with E-state index in [9.17, 15) is 0 Å². The number of aromatic nitrogens is 3. The average molecular weight is 292 g/mol. The van der Waals surface area contributed by atoms with Gasteiger partial charge in [-0.3, -0.25) is 9.97 Å². The summed E-state index contributed by atoms with van der Waals surface area (Å²) in [6, 6.07) is 0. The summed E-state index contributed by atoms with van der Waals surface area (Å²) in [5.74, 6) is 0.633. The number of methoxy groups -OCH3 is 1. The third-order valence-corrected chi connectivity index (χ3v) is 3.80. The Labute approximate surface area is 123 Å². The lowest BCUT2D eigenvalue weighted by atomic mass is 10.2. The van der Waals surface area contributed by atoms with Gasteiger partial charge in [-0.2, -0.15) is 0 Å². The summed E-state index contributed by atoms with van der Waals surface area (Å²) in [6.07, 6.45) is 5.09. The van der Waals surface area contributed by atoms with Gasteiger partial charge >= 0.3 is 0 Å². The van der Waals surface area contributed by atoms with Gasteiger partial charge in [0.15, 0.2) is 0 Å². The zero-order chi connectivity index (χ0) is 14.4. The predicted molar refractivity (Wildman–Crippen MR) is 80.4 cm³/mol. The summed E-state index contributed by atoms with van der Waals surface area (Å²) in [4.78, 5) is 14.2. The second kappa shape index (κ2) is 7.42. The molecule has 20 heavy (non-hydrogen) atoms. The molecule has 0 saturated heterocycles. The Morgan fingerprint density at radius 2 is 2.20 bits per heavy atom. The van der Waals surface area contributed by atoms with Crippen LogP contribution in [-0.2, 0) is 17.9 Å². The first-order valence-electron chi connectivity index (χ1n) is 6.65. The summed E-state index contributed by atoms with van der Waals surface area (Å²) in [7, 11) is 1.69. The number of rotatable bonds is 7. The van der Waals surface area contributed by atoms with Gasteiger partial charge in [-0.05, 0) is 12.5 Å².